The number of anilines is 2. The minimum absolute atomic E-state index is 0.0115. The minimum Gasteiger partial charge on any atom is -0.399 e. The largest absolute Gasteiger partial charge is 0.399 e. The predicted molar refractivity (Wildman–Crippen MR) is 80.7 cm³/mol. The van der Waals surface area contributed by atoms with Crippen molar-refractivity contribution in [2.24, 2.45) is 5.73 Å². The van der Waals surface area contributed by atoms with E-state index in [-0.39, 0.29) is 6.04 Å². The van der Waals surface area contributed by atoms with Crippen LogP contribution >= 0.6 is 22.9 Å². The van der Waals surface area contributed by atoms with Crippen LogP contribution in [0.15, 0.2) is 30.3 Å². The summed E-state index contributed by atoms with van der Waals surface area (Å²) in [5, 5.41) is 3.23. The minimum atomic E-state index is -0.487. The highest BCUT2D eigenvalue weighted by Crippen LogP contribution is 2.30. The molecule has 0 aliphatic heterocycles. The molecule has 0 radical (unpaired) electrons. The monoisotopic (exact) mass is 295 g/mol. The molecule has 5 N–H and O–H groups in total. The number of thiophene rings is 1. The molecule has 2 rings (SSSR count). The summed E-state index contributed by atoms with van der Waals surface area (Å²) in [5.41, 5.74) is 12.7. The number of hydrogen-bond donors (Lipinski definition) is 3. The van der Waals surface area contributed by atoms with Crippen molar-refractivity contribution in [1.29, 1.82) is 0 Å². The molecular weight excluding hydrogens is 282 g/mol. The number of benzene rings is 1. The average Bonchev–Trinajstić information content (AvgIpc) is 2.75. The van der Waals surface area contributed by atoms with Crippen molar-refractivity contribution < 1.29 is 4.79 Å². The van der Waals surface area contributed by atoms with Crippen molar-refractivity contribution in [3.8, 4) is 0 Å². The molecule has 1 unspecified atom stereocenters. The topological polar surface area (TPSA) is 81.1 Å². The number of hydrogen-bond acceptors (Lipinski definition) is 4. The number of amides is 1. The Morgan fingerprint density at radius 2 is 2.11 bits per heavy atom. The molecule has 1 aromatic carbocycles. The van der Waals surface area contributed by atoms with Crippen LogP contribution in [-0.4, -0.2) is 5.91 Å². The second-order valence-corrected chi connectivity index (χ2v) is 5.92. The average molecular weight is 296 g/mol. The van der Waals surface area contributed by atoms with Crippen molar-refractivity contribution in [3.63, 3.8) is 0 Å². The molecule has 0 saturated heterocycles. The van der Waals surface area contributed by atoms with Crippen LogP contribution in [-0.2, 0) is 0 Å². The van der Waals surface area contributed by atoms with Crippen LogP contribution in [0.1, 0.15) is 28.2 Å². The zero-order valence-electron chi connectivity index (χ0n) is 10.3. The zero-order valence-corrected chi connectivity index (χ0v) is 11.9. The van der Waals surface area contributed by atoms with E-state index >= 15 is 0 Å². The Balaban J connectivity index is 2.27. The van der Waals surface area contributed by atoms with Gasteiger partial charge in [0.05, 0.1) is 15.9 Å². The van der Waals surface area contributed by atoms with Gasteiger partial charge in [-0.2, -0.15) is 0 Å². The summed E-state index contributed by atoms with van der Waals surface area (Å²) >= 11 is 7.40. The summed E-state index contributed by atoms with van der Waals surface area (Å²) in [6.45, 7) is 1.98. The molecule has 1 atom stereocenters. The molecule has 0 fully saturated rings. The van der Waals surface area contributed by atoms with E-state index in [0.29, 0.717) is 16.9 Å². The van der Waals surface area contributed by atoms with E-state index in [4.69, 9.17) is 23.1 Å². The maximum Gasteiger partial charge on any atom is 0.250 e. The Bertz CT molecular complexity index is 612. The molecule has 4 nitrogen and oxygen atoms in total. The van der Waals surface area contributed by atoms with Gasteiger partial charge in [-0.1, -0.05) is 11.6 Å². The number of carbonyl (C=O) groups is 1. The Morgan fingerprint density at radius 1 is 1.37 bits per heavy atom. The lowest BCUT2D eigenvalue weighted by Gasteiger charge is -2.16. The third kappa shape index (κ3) is 3.19. The maximum absolute atomic E-state index is 11.4. The summed E-state index contributed by atoms with van der Waals surface area (Å²) in [4.78, 5) is 12.5. The van der Waals surface area contributed by atoms with Gasteiger partial charge in [0.25, 0.3) is 5.91 Å². The molecule has 1 heterocycles. The summed E-state index contributed by atoms with van der Waals surface area (Å²) in [6, 6.07) is 8.77. The molecule has 1 aromatic heterocycles. The Morgan fingerprint density at radius 3 is 2.68 bits per heavy atom. The number of halogens is 1. The van der Waals surface area contributed by atoms with Crippen molar-refractivity contribution in [2.45, 2.75) is 13.0 Å². The van der Waals surface area contributed by atoms with Gasteiger partial charge in [0.1, 0.15) is 0 Å². The van der Waals surface area contributed by atoms with Crippen LogP contribution < -0.4 is 16.8 Å². The predicted octanol–water partition coefficient (Wildman–Crippen LogP) is 3.26. The van der Waals surface area contributed by atoms with Crippen LogP contribution in [0.4, 0.5) is 11.4 Å². The van der Waals surface area contributed by atoms with Gasteiger partial charge in [0.2, 0.25) is 0 Å². The molecule has 19 heavy (non-hydrogen) atoms. The van der Waals surface area contributed by atoms with Crippen molar-refractivity contribution >= 4 is 40.2 Å². The number of primary amides is 1. The normalized spacial score (nSPS) is 12.1. The molecule has 100 valence electrons. The molecule has 0 bridgehead atoms. The Hall–Kier alpha value is -1.72. The number of nitrogen functional groups attached to an aromatic ring is 1. The lowest BCUT2D eigenvalue weighted by atomic mass is 10.1. The van der Waals surface area contributed by atoms with Crippen LogP contribution in [0.2, 0.25) is 4.34 Å². The molecular formula is C13H14ClN3OS. The van der Waals surface area contributed by atoms with Gasteiger partial charge in [-0.25, -0.2) is 0 Å². The highest BCUT2D eigenvalue weighted by Gasteiger charge is 2.13. The summed E-state index contributed by atoms with van der Waals surface area (Å²) < 4.78 is 0.728. The molecule has 1 amide bonds. The highest BCUT2D eigenvalue weighted by atomic mass is 35.5. The first kappa shape index (κ1) is 13.7. The van der Waals surface area contributed by atoms with E-state index in [2.05, 4.69) is 5.32 Å². The fourth-order valence-corrected chi connectivity index (χ4v) is 2.82. The maximum atomic E-state index is 11.4. The molecule has 6 heteroatoms. The number of rotatable bonds is 4. The lowest BCUT2D eigenvalue weighted by Crippen LogP contribution is -2.16. The van der Waals surface area contributed by atoms with Crippen molar-refractivity contribution in [2.75, 3.05) is 11.1 Å². The van der Waals surface area contributed by atoms with Crippen LogP contribution in [0.25, 0.3) is 0 Å². The molecule has 0 aliphatic rings. The van der Waals surface area contributed by atoms with E-state index in [0.717, 1.165) is 9.21 Å². The van der Waals surface area contributed by atoms with E-state index in [1.54, 1.807) is 18.2 Å². The SMILES string of the molecule is CC(Nc1cc(N)ccc1C(N)=O)c1ccc(Cl)s1. The second kappa shape index (κ2) is 5.50. The fourth-order valence-electron chi connectivity index (χ4n) is 1.76. The first-order valence-corrected chi connectivity index (χ1v) is 6.88. The van der Waals surface area contributed by atoms with Crippen molar-refractivity contribution in [3.05, 3.63) is 45.1 Å². The third-order valence-corrected chi connectivity index (χ3v) is 4.12. The van der Waals surface area contributed by atoms with Crippen LogP contribution in [0.3, 0.4) is 0 Å². The van der Waals surface area contributed by atoms with Gasteiger partial charge in [-0.3, -0.25) is 4.79 Å². The lowest BCUT2D eigenvalue weighted by molar-refractivity contribution is 0.100. The number of nitrogens with one attached hydrogen (secondary N) is 1. The fraction of sp³-hybridized carbons (Fsp3) is 0.154. The van der Waals surface area contributed by atoms with Crippen LogP contribution in [0.5, 0.6) is 0 Å². The van der Waals surface area contributed by atoms with E-state index < -0.39 is 5.91 Å². The smallest absolute Gasteiger partial charge is 0.250 e. The third-order valence-electron chi connectivity index (χ3n) is 2.70. The van der Waals surface area contributed by atoms with Gasteiger partial charge < -0.3 is 16.8 Å². The molecule has 0 spiro atoms. The van der Waals surface area contributed by atoms with Gasteiger partial charge in [-0.15, -0.1) is 11.3 Å². The van der Waals surface area contributed by atoms with E-state index in [9.17, 15) is 4.79 Å². The molecule has 0 aliphatic carbocycles. The van der Waals surface area contributed by atoms with Gasteiger partial charge in [0.15, 0.2) is 0 Å². The zero-order chi connectivity index (χ0) is 14.0. The summed E-state index contributed by atoms with van der Waals surface area (Å²) in [5.74, 6) is -0.487. The first-order chi connectivity index (χ1) is 8.97. The van der Waals surface area contributed by atoms with E-state index in [1.807, 2.05) is 19.1 Å². The standard InChI is InChI=1S/C13H14ClN3OS/c1-7(11-4-5-12(14)19-11)17-10-6-8(15)2-3-9(10)13(16)18/h2-7,17H,15H2,1H3,(H2,16,18). The van der Waals surface area contributed by atoms with Gasteiger partial charge >= 0.3 is 0 Å². The second-order valence-electron chi connectivity index (χ2n) is 4.18. The van der Waals surface area contributed by atoms with E-state index in [1.165, 1.54) is 11.3 Å². The molecule has 0 saturated carbocycles. The summed E-state index contributed by atoms with van der Waals surface area (Å²) in [7, 11) is 0. The number of carbonyl (C=O) groups excluding carboxylic acids is 1. The number of nitrogens with two attached hydrogens (primary N) is 2. The van der Waals surface area contributed by atoms with Gasteiger partial charge in [0, 0.05) is 16.3 Å². The first-order valence-electron chi connectivity index (χ1n) is 5.68. The van der Waals surface area contributed by atoms with Crippen LogP contribution in [0, 0.1) is 0 Å². The van der Waals surface area contributed by atoms with Crippen molar-refractivity contribution in [1.82, 2.24) is 0 Å². The Labute approximate surface area is 120 Å². The Kier molecular flexibility index (Phi) is 3.97. The molecule has 2 aromatic rings. The highest BCUT2D eigenvalue weighted by molar-refractivity contribution is 7.16. The summed E-state index contributed by atoms with van der Waals surface area (Å²) in [6.07, 6.45) is 0. The quantitative estimate of drug-likeness (QED) is 0.757. The van der Waals surface area contributed by atoms with Gasteiger partial charge in [-0.05, 0) is 37.3 Å².